The van der Waals surface area contributed by atoms with Crippen molar-refractivity contribution in [1.29, 1.82) is 0 Å². The van der Waals surface area contributed by atoms with Crippen LogP contribution in [0.5, 0.6) is 0 Å². The van der Waals surface area contributed by atoms with Gasteiger partial charge in [-0.3, -0.25) is 14.4 Å². The van der Waals surface area contributed by atoms with Gasteiger partial charge in [0.25, 0.3) is 11.8 Å². The summed E-state index contributed by atoms with van der Waals surface area (Å²) in [4.78, 5) is 37.3. The molecule has 0 fully saturated rings. The Bertz CT molecular complexity index is 1400. The van der Waals surface area contributed by atoms with Crippen LogP contribution < -0.4 is 21.3 Å². The zero-order valence-electron chi connectivity index (χ0n) is 21.3. The number of carbonyl (C=O) groups excluding carboxylic acids is 3. The van der Waals surface area contributed by atoms with Gasteiger partial charge < -0.3 is 21.3 Å². The number of hydrogen-bond acceptors (Lipinski definition) is 4. The molecular weight excluding hydrogens is 476 g/mol. The molecule has 0 aromatic heterocycles. The summed E-state index contributed by atoms with van der Waals surface area (Å²) >= 11 is 0. The minimum atomic E-state index is -0.222. The smallest absolute Gasteiger partial charge is 0.255 e. The first-order valence-electron chi connectivity index (χ1n) is 12.3. The summed E-state index contributed by atoms with van der Waals surface area (Å²) in [5.41, 5.74) is 5.15. The molecule has 0 heterocycles. The van der Waals surface area contributed by atoms with Crippen molar-refractivity contribution < 1.29 is 14.4 Å². The molecule has 4 aromatic carbocycles. The fourth-order valence-corrected chi connectivity index (χ4v) is 3.86. The second-order valence-corrected chi connectivity index (χ2v) is 8.99. The predicted molar refractivity (Wildman–Crippen MR) is 151 cm³/mol. The van der Waals surface area contributed by atoms with Crippen molar-refractivity contribution in [3.05, 3.63) is 125 Å². The maximum Gasteiger partial charge on any atom is 0.255 e. The quantitative estimate of drug-likeness (QED) is 0.231. The topological polar surface area (TPSA) is 99.3 Å². The fourth-order valence-electron chi connectivity index (χ4n) is 3.86. The lowest BCUT2D eigenvalue weighted by molar-refractivity contribution is -0.114. The number of nitrogens with one attached hydrogen (secondary N) is 4. The molecule has 0 radical (unpaired) electrons. The van der Waals surface area contributed by atoms with Crippen molar-refractivity contribution in [2.24, 2.45) is 0 Å². The minimum absolute atomic E-state index is 0.0580. The summed E-state index contributed by atoms with van der Waals surface area (Å²) in [7, 11) is 0. The molecule has 7 heteroatoms. The lowest BCUT2D eigenvalue weighted by Gasteiger charge is -2.14. The highest BCUT2D eigenvalue weighted by Gasteiger charge is 2.11. The van der Waals surface area contributed by atoms with Gasteiger partial charge in [-0.25, -0.2) is 0 Å². The first-order chi connectivity index (χ1) is 18.4. The molecule has 0 bridgehead atoms. The van der Waals surface area contributed by atoms with Crippen molar-refractivity contribution >= 4 is 34.8 Å². The molecule has 4 N–H and O–H groups in total. The van der Waals surface area contributed by atoms with Crippen LogP contribution in [0.4, 0.5) is 17.1 Å². The molecule has 3 amide bonds. The molecule has 0 aliphatic heterocycles. The molecule has 1 unspecified atom stereocenters. The maximum absolute atomic E-state index is 12.6. The van der Waals surface area contributed by atoms with Crippen molar-refractivity contribution in [3.8, 4) is 0 Å². The molecule has 38 heavy (non-hydrogen) atoms. The van der Waals surface area contributed by atoms with Crippen molar-refractivity contribution in [2.45, 2.75) is 19.9 Å². The van der Waals surface area contributed by atoms with E-state index >= 15 is 0 Å². The highest BCUT2D eigenvalue weighted by atomic mass is 16.2. The van der Waals surface area contributed by atoms with Gasteiger partial charge in [0.2, 0.25) is 5.91 Å². The average Bonchev–Trinajstić information content (AvgIpc) is 2.93. The number of hydrogen-bond donors (Lipinski definition) is 4. The zero-order chi connectivity index (χ0) is 26.9. The van der Waals surface area contributed by atoms with E-state index in [0.717, 1.165) is 16.8 Å². The summed E-state index contributed by atoms with van der Waals surface area (Å²) in [5.74, 6) is -0.576. The molecule has 4 aromatic rings. The first-order valence-corrected chi connectivity index (χ1v) is 12.3. The molecule has 0 aliphatic carbocycles. The summed E-state index contributed by atoms with van der Waals surface area (Å²) in [6.07, 6.45) is 0. The molecule has 4 rings (SSSR count). The minimum Gasteiger partial charge on any atom is -0.376 e. The fraction of sp³-hybridized carbons (Fsp3) is 0.129. The highest BCUT2D eigenvalue weighted by molar-refractivity contribution is 6.04. The lowest BCUT2D eigenvalue weighted by atomic mass is 10.1. The van der Waals surface area contributed by atoms with Crippen LogP contribution in [0.1, 0.15) is 44.8 Å². The number of aryl methyl sites for hydroxylation is 1. The standard InChI is InChI=1S/C31H30N4O3/c1-21-7-6-10-25(19-21)31(38)35-28-17-15-27(16-18-28)34-29(36)20-32-26-13-11-24(12-14-26)30(37)33-22(2)23-8-4-3-5-9-23/h3-19,22,32H,20H2,1-2H3,(H,33,37)(H,34,36)(H,35,38). The largest absolute Gasteiger partial charge is 0.376 e. The van der Waals surface area contributed by atoms with Crippen LogP contribution >= 0.6 is 0 Å². The van der Waals surface area contributed by atoms with Crippen molar-refractivity contribution in [3.63, 3.8) is 0 Å². The van der Waals surface area contributed by atoms with Gasteiger partial charge in [0.15, 0.2) is 0 Å². The Morgan fingerprint density at radius 3 is 1.95 bits per heavy atom. The number of anilines is 3. The Kier molecular flexibility index (Phi) is 8.51. The van der Waals surface area contributed by atoms with E-state index in [1.165, 1.54) is 0 Å². The zero-order valence-corrected chi connectivity index (χ0v) is 21.3. The van der Waals surface area contributed by atoms with Crippen LogP contribution in [-0.4, -0.2) is 24.3 Å². The monoisotopic (exact) mass is 506 g/mol. The molecule has 0 saturated carbocycles. The summed E-state index contributed by atoms with van der Waals surface area (Å²) < 4.78 is 0. The Morgan fingerprint density at radius 2 is 1.29 bits per heavy atom. The third-order valence-electron chi connectivity index (χ3n) is 5.95. The number of carbonyl (C=O) groups is 3. The summed E-state index contributed by atoms with van der Waals surface area (Å²) in [6, 6.07) is 30.9. The molecule has 7 nitrogen and oxygen atoms in total. The maximum atomic E-state index is 12.6. The Labute approximate surface area is 222 Å². The molecule has 192 valence electrons. The summed E-state index contributed by atoms with van der Waals surface area (Å²) in [5, 5.41) is 11.7. The van der Waals surface area contributed by atoms with Crippen molar-refractivity contribution in [1.82, 2.24) is 5.32 Å². The predicted octanol–water partition coefficient (Wildman–Crippen LogP) is 5.79. The lowest BCUT2D eigenvalue weighted by Crippen LogP contribution is -2.26. The van der Waals surface area contributed by atoms with Crippen LogP contribution in [0, 0.1) is 6.92 Å². The van der Waals surface area contributed by atoms with E-state index in [-0.39, 0.29) is 30.3 Å². The van der Waals surface area contributed by atoms with E-state index in [1.54, 1.807) is 54.6 Å². The Morgan fingerprint density at radius 1 is 0.658 bits per heavy atom. The second kappa shape index (κ2) is 12.4. The van der Waals surface area contributed by atoms with Crippen molar-refractivity contribution in [2.75, 3.05) is 22.5 Å². The highest BCUT2D eigenvalue weighted by Crippen LogP contribution is 2.16. The van der Waals surface area contributed by atoms with E-state index in [1.807, 2.05) is 62.4 Å². The molecule has 0 spiro atoms. The molecule has 0 saturated heterocycles. The molecule has 0 aliphatic rings. The number of benzene rings is 4. The van der Waals surface area contributed by atoms with Crippen LogP contribution in [0.2, 0.25) is 0 Å². The van der Waals surface area contributed by atoms with E-state index in [2.05, 4.69) is 21.3 Å². The third kappa shape index (κ3) is 7.30. The normalized spacial score (nSPS) is 11.2. The number of rotatable bonds is 9. The van der Waals surface area contributed by atoms with Gasteiger partial charge in [-0.05, 0) is 80.1 Å². The molecule has 1 atom stereocenters. The van der Waals surface area contributed by atoms with Crippen LogP contribution in [0.15, 0.2) is 103 Å². The van der Waals surface area contributed by atoms with E-state index in [9.17, 15) is 14.4 Å². The van der Waals surface area contributed by atoms with E-state index in [4.69, 9.17) is 0 Å². The van der Waals surface area contributed by atoms with Gasteiger partial charge in [-0.1, -0.05) is 48.0 Å². The summed E-state index contributed by atoms with van der Waals surface area (Å²) in [6.45, 7) is 3.94. The van der Waals surface area contributed by atoms with Gasteiger partial charge >= 0.3 is 0 Å². The number of amides is 3. The van der Waals surface area contributed by atoms with Gasteiger partial charge in [0.05, 0.1) is 12.6 Å². The first kappa shape index (κ1) is 26.2. The second-order valence-electron chi connectivity index (χ2n) is 8.99. The van der Waals surface area contributed by atoms with Gasteiger partial charge in [0, 0.05) is 28.2 Å². The van der Waals surface area contributed by atoms with Gasteiger partial charge in [-0.15, -0.1) is 0 Å². The van der Waals surface area contributed by atoms with Crippen LogP contribution in [0.3, 0.4) is 0 Å². The van der Waals surface area contributed by atoms with E-state index < -0.39 is 0 Å². The van der Waals surface area contributed by atoms with Gasteiger partial charge in [0.1, 0.15) is 0 Å². The van der Waals surface area contributed by atoms with Gasteiger partial charge in [-0.2, -0.15) is 0 Å². The molecular formula is C31H30N4O3. The Balaban J connectivity index is 1.23. The van der Waals surface area contributed by atoms with Crippen LogP contribution in [-0.2, 0) is 4.79 Å². The van der Waals surface area contributed by atoms with Crippen LogP contribution in [0.25, 0.3) is 0 Å². The van der Waals surface area contributed by atoms with E-state index in [0.29, 0.717) is 22.5 Å². The Hall–Kier alpha value is -4.91. The average molecular weight is 507 g/mol. The third-order valence-corrected chi connectivity index (χ3v) is 5.95. The SMILES string of the molecule is Cc1cccc(C(=O)Nc2ccc(NC(=O)CNc3ccc(C(=O)NC(C)c4ccccc4)cc3)cc2)c1.